The Hall–Kier alpha value is -2.56. The highest BCUT2D eigenvalue weighted by Gasteiger charge is 2.28. The largest absolute Gasteiger partial charge is 0.478 e. The number of ether oxygens (including phenoxy) is 2. The van der Waals surface area contributed by atoms with Crippen molar-refractivity contribution in [2.24, 2.45) is 0 Å². The Morgan fingerprint density at radius 3 is 2.90 bits per heavy atom. The Kier molecular flexibility index (Phi) is 3.02. The fourth-order valence-corrected chi connectivity index (χ4v) is 2.13. The van der Waals surface area contributed by atoms with Gasteiger partial charge in [-0.3, -0.25) is 4.98 Å². The summed E-state index contributed by atoms with van der Waals surface area (Å²) in [5, 5.41) is 8.96. The zero-order valence-electron chi connectivity index (χ0n) is 10.9. The number of pyridine rings is 1. The van der Waals surface area contributed by atoms with Gasteiger partial charge in [-0.1, -0.05) is 6.07 Å². The molecule has 1 aliphatic rings. The summed E-state index contributed by atoms with van der Waals surface area (Å²) in [6.45, 7) is 1.89. The first kappa shape index (κ1) is 12.5. The molecule has 20 heavy (non-hydrogen) atoms. The van der Waals surface area contributed by atoms with Crippen molar-refractivity contribution in [3.8, 4) is 17.2 Å². The normalized spacial score (nSPS) is 16.4. The van der Waals surface area contributed by atoms with Crippen LogP contribution in [-0.4, -0.2) is 22.2 Å². The summed E-state index contributed by atoms with van der Waals surface area (Å²) in [5.74, 6) is 0.916. The van der Waals surface area contributed by atoms with Crippen LogP contribution in [0.5, 0.6) is 17.2 Å². The summed E-state index contributed by atoms with van der Waals surface area (Å²) in [5.41, 5.74) is 1.75. The molecule has 0 spiro atoms. The molecule has 0 saturated carbocycles. The van der Waals surface area contributed by atoms with Gasteiger partial charge in [0.1, 0.15) is 17.2 Å². The van der Waals surface area contributed by atoms with Crippen LogP contribution < -0.4 is 9.47 Å². The predicted octanol–water partition coefficient (Wildman–Crippen LogP) is 2.57. The van der Waals surface area contributed by atoms with Gasteiger partial charge in [-0.15, -0.1) is 0 Å². The summed E-state index contributed by atoms with van der Waals surface area (Å²) in [4.78, 5) is 15.0. The van der Waals surface area contributed by atoms with E-state index in [0.29, 0.717) is 23.7 Å². The molecule has 2 heterocycles. The molecule has 1 aromatic heterocycles. The third-order valence-corrected chi connectivity index (χ3v) is 3.09. The third kappa shape index (κ3) is 2.42. The minimum absolute atomic E-state index is 0.388. The Bertz CT molecular complexity index is 669. The van der Waals surface area contributed by atoms with Gasteiger partial charge in [0.15, 0.2) is 6.10 Å². The number of carboxylic acid groups (broad SMARTS) is 1. The van der Waals surface area contributed by atoms with Crippen LogP contribution in [0, 0.1) is 6.92 Å². The number of hydrogen-bond donors (Lipinski definition) is 1. The molecule has 1 unspecified atom stereocenters. The van der Waals surface area contributed by atoms with Gasteiger partial charge in [-0.25, -0.2) is 4.79 Å². The summed E-state index contributed by atoms with van der Waals surface area (Å²) in [7, 11) is 0. The van der Waals surface area contributed by atoms with E-state index in [4.69, 9.17) is 14.6 Å². The van der Waals surface area contributed by atoms with Crippen LogP contribution in [0.1, 0.15) is 11.3 Å². The Morgan fingerprint density at radius 1 is 1.35 bits per heavy atom. The number of fused-ring (bicyclic) bond motifs is 1. The van der Waals surface area contributed by atoms with Crippen LogP contribution in [0.25, 0.3) is 0 Å². The van der Waals surface area contributed by atoms with E-state index < -0.39 is 12.1 Å². The second-order valence-electron chi connectivity index (χ2n) is 4.65. The third-order valence-electron chi connectivity index (χ3n) is 3.09. The lowest BCUT2D eigenvalue weighted by Gasteiger charge is -2.08. The number of hydrogen-bond acceptors (Lipinski definition) is 4. The van der Waals surface area contributed by atoms with Gasteiger partial charge in [0.05, 0.1) is 0 Å². The van der Waals surface area contributed by atoms with Gasteiger partial charge in [0, 0.05) is 30.4 Å². The fourth-order valence-electron chi connectivity index (χ4n) is 2.13. The highest BCUT2D eigenvalue weighted by molar-refractivity contribution is 5.74. The molecular weight excluding hydrogens is 258 g/mol. The number of rotatable bonds is 3. The number of aryl methyl sites for hydroxylation is 1. The highest BCUT2D eigenvalue weighted by atomic mass is 16.5. The molecular formula is C15H13NO4. The first-order valence-corrected chi connectivity index (χ1v) is 6.25. The van der Waals surface area contributed by atoms with Gasteiger partial charge in [-0.2, -0.15) is 0 Å². The predicted molar refractivity (Wildman–Crippen MR) is 71.2 cm³/mol. The summed E-state index contributed by atoms with van der Waals surface area (Å²) < 4.78 is 11.1. The number of carbonyl (C=O) groups is 1. The SMILES string of the molecule is Cc1cc(Oc2ccc3c(c2)OC(C(=O)O)C3)ccn1. The van der Waals surface area contributed by atoms with Gasteiger partial charge in [0.2, 0.25) is 0 Å². The molecule has 102 valence electrons. The lowest BCUT2D eigenvalue weighted by molar-refractivity contribution is -0.144. The van der Waals surface area contributed by atoms with Crippen LogP contribution in [0.15, 0.2) is 36.5 Å². The van der Waals surface area contributed by atoms with Gasteiger partial charge in [0.25, 0.3) is 0 Å². The van der Waals surface area contributed by atoms with Crippen molar-refractivity contribution >= 4 is 5.97 Å². The molecule has 1 N–H and O–H groups in total. The van der Waals surface area contributed by atoms with Crippen molar-refractivity contribution in [1.82, 2.24) is 4.98 Å². The van der Waals surface area contributed by atoms with E-state index in [-0.39, 0.29) is 0 Å². The highest BCUT2D eigenvalue weighted by Crippen LogP contribution is 2.34. The molecule has 0 amide bonds. The second kappa shape index (κ2) is 4.85. The molecule has 1 aliphatic heterocycles. The monoisotopic (exact) mass is 271 g/mol. The van der Waals surface area contributed by atoms with Crippen LogP contribution in [-0.2, 0) is 11.2 Å². The Balaban J connectivity index is 1.81. The van der Waals surface area contributed by atoms with Crippen molar-refractivity contribution in [1.29, 1.82) is 0 Å². The van der Waals surface area contributed by atoms with E-state index in [1.807, 2.05) is 25.1 Å². The van der Waals surface area contributed by atoms with Crippen LogP contribution in [0.4, 0.5) is 0 Å². The molecule has 0 saturated heterocycles. The van der Waals surface area contributed by atoms with Crippen LogP contribution in [0.2, 0.25) is 0 Å². The first-order valence-electron chi connectivity index (χ1n) is 6.25. The molecule has 0 aliphatic carbocycles. The maximum atomic E-state index is 10.9. The van der Waals surface area contributed by atoms with Gasteiger partial charge in [-0.05, 0) is 24.6 Å². The molecule has 5 nitrogen and oxygen atoms in total. The van der Waals surface area contributed by atoms with Crippen LogP contribution in [0.3, 0.4) is 0 Å². The molecule has 2 aromatic rings. The maximum absolute atomic E-state index is 10.9. The smallest absolute Gasteiger partial charge is 0.345 e. The van der Waals surface area contributed by atoms with Crippen molar-refractivity contribution in [3.63, 3.8) is 0 Å². The first-order chi connectivity index (χ1) is 9.61. The van der Waals surface area contributed by atoms with Crippen LogP contribution >= 0.6 is 0 Å². The zero-order valence-corrected chi connectivity index (χ0v) is 10.9. The standard InChI is InChI=1S/C15H13NO4/c1-9-6-12(4-5-16-9)19-11-3-2-10-7-14(15(17)18)20-13(10)8-11/h2-6,8,14H,7H2,1H3,(H,17,18). The van der Waals surface area contributed by atoms with Crippen molar-refractivity contribution in [2.75, 3.05) is 0 Å². The fraction of sp³-hybridized carbons (Fsp3) is 0.200. The minimum Gasteiger partial charge on any atom is -0.478 e. The second-order valence-corrected chi connectivity index (χ2v) is 4.65. The van der Waals surface area contributed by atoms with Crippen molar-refractivity contribution < 1.29 is 19.4 Å². The average Bonchev–Trinajstić information content (AvgIpc) is 2.82. The van der Waals surface area contributed by atoms with E-state index in [0.717, 1.165) is 11.3 Å². The number of carboxylic acids is 1. The lowest BCUT2D eigenvalue weighted by atomic mass is 10.1. The molecule has 1 atom stereocenters. The van der Waals surface area contributed by atoms with E-state index in [1.54, 1.807) is 18.3 Å². The topological polar surface area (TPSA) is 68.7 Å². The van der Waals surface area contributed by atoms with E-state index in [9.17, 15) is 4.79 Å². The summed E-state index contributed by atoms with van der Waals surface area (Å²) in [6, 6.07) is 8.95. The molecule has 5 heteroatoms. The number of aromatic nitrogens is 1. The number of benzene rings is 1. The average molecular weight is 271 g/mol. The van der Waals surface area contributed by atoms with Gasteiger partial charge < -0.3 is 14.6 Å². The molecule has 0 radical (unpaired) electrons. The maximum Gasteiger partial charge on any atom is 0.345 e. The molecule has 3 rings (SSSR count). The quantitative estimate of drug-likeness (QED) is 0.929. The number of nitrogens with zero attached hydrogens (tertiary/aromatic N) is 1. The minimum atomic E-state index is -0.951. The summed E-state index contributed by atoms with van der Waals surface area (Å²) in [6.07, 6.45) is 1.26. The summed E-state index contributed by atoms with van der Waals surface area (Å²) >= 11 is 0. The molecule has 0 fully saturated rings. The van der Waals surface area contributed by atoms with E-state index in [1.165, 1.54) is 0 Å². The van der Waals surface area contributed by atoms with Crippen molar-refractivity contribution in [2.45, 2.75) is 19.4 Å². The molecule has 1 aromatic carbocycles. The lowest BCUT2D eigenvalue weighted by Crippen LogP contribution is -2.24. The molecule has 0 bridgehead atoms. The number of aliphatic carboxylic acids is 1. The van der Waals surface area contributed by atoms with E-state index in [2.05, 4.69) is 4.98 Å². The van der Waals surface area contributed by atoms with E-state index >= 15 is 0 Å². The Labute approximate surface area is 115 Å². The van der Waals surface area contributed by atoms with Gasteiger partial charge >= 0.3 is 5.97 Å². The van der Waals surface area contributed by atoms with Crippen molar-refractivity contribution in [3.05, 3.63) is 47.8 Å². The Morgan fingerprint density at radius 2 is 2.15 bits per heavy atom. The zero-order chi connectivity index (χ0) is 14.1.